The monoisotopic (exact) mass is 315 g/mol. The molecule has 3 heterocycles. The molecule has 0 saturated carbocycles. The number of rotatable bonds is 5. The normalized spacial score (nSPS) is 18.6. The van der Waals surface area contributed by atoms with Gasteiger partial charge in [0.2, 0.25) is 5.95 Å². The molecule has 0 aliphatic carbocycles. The van der Waals surface area contributed by atoms with E-state index in [1.165, 1.54) is 5.82 Å². The van der Waals surface area contributed by atoms with Gasteiger partial charge >= 0.3 is 0 Å². The summed E-state index contributed by atoms with van der Waals surface area (Å²) in [6, 6.07) is 1.72. The van der Waals surface area contributed by atoms with Gasteiger partial charge in [0.25, 0.3) is 0 Å². The second-order valence-corrected chi connectivity index (χ2v) is 6.35. The maximum Gasteiger partial charge on any atom is 0.227 e. The van der Waals surface area contributed by atoms with E-state index in [1.54, 1.807) is 12.3 Å². The Labute approximate surface area is 137 Å². The highest BCUT2D eigenvalue weighted by Crippen LogP contribution is 2.27. The minimum absolute atomic E-state index is 0.408. The van der Waals surface area contributed by atoms with E-state index in [-0.39, 0.29) is 0 Å². The Hall–Kier alpha value is -2.15. The lowest BCUT2D eigenvalue weighted by Crippen LogP contribution is -2.36. The Kier molecular flexibility index (Phi) is 4.76. The van der Waals surface area contributed by atoms with Gasteiger partial charge in [-0.2, -0.15) is 4.98 Å². The molecule has 1 aliphatic rings. The smallest absolute Gasteiger partial charge is 0.227 e. The first-order valence-corrected chi connectivity index (χ1v) is 8.12. The molecule has 1 saturated heterocycles. The molecule has 1 fully saturated rings. The first-order chi connectivity index (χ1) is 11.1. The van der Waals surface area contributed by atoms with Crippen LogP contribution < -0.4 is 10.6 Å². The summed E-state index contributed by atoms with van der Waals surface area (Å²) in [5.74, 6) is 2.82. The summed E-state index contributed by atoms with van der Waals surface area (Å²) >= 11 is 0. The SMILES string of the molecule is CN(C)CCn1ccnc1C1CCCN(c2nccc(N)n2)C1. The lowest BCUT2D eigenvalue weighted by atomic mass is 9.97. The van der Waals surface area contributed by atoms with Crippen LogP contribution in [0.15, 0.2) is 24.7 Å². The minimum atomic E-state index is 0.408. The third kappa shape index (κ3) is 3.79. The number of piperidine rings is 1. The first-order valence-electron chi connectivity index (χ1n) is 8.12. The van der Waals surface area contributed by atoms with Gasteiger partial charge in [-0.3, -0.25) is 0 Å². The van der Waals surface area contributed by atoms with Crippen LogP contribution in [0.3, 0.4) is 0 Å². The molecule has 124 valence electrons. The first kappa shape index (κ1) is 15.7. The summed E-state index contributed by atoms with van der Waals surface area (Å²) in [5, 5.41) is 0. The van der Waals surface area contributed by atoms with E-state index in [0.29, 0.717) is 11.7 Å². The van der Waals surface area contributed by atoms with Gasteiger partial charge in [0.05, 0.1) is 0 Å². The van der Waals surface area contributed by atoms with Gasteiger partial charge in [0, 0.05) is 50.7 Å². The number of anilines is 2. The number of nitrogen functional groups attached to an aromatic ring is 1. The highest BCUT2D eigenvalue weighted by atomic mass is 15.3. The second kappa shape index (κ2) is 6.95. The molecule has 1 aliphatic heterocycles. The third-order valence-corrected chi connectivity index (χ3v) is 4.27. The van der Waals surface area contributed by atoms with Crippen LogP contribution in [0.1, 0.15) is 24.6 Å². The summed E-state index contributed by atoms with van der Waals surface area (Å²) in [6.07, 6.45) is 7.97. The summed E-state index contributed by atoms with van der Waals surface area (Å²) in [5.41, 5.74) is 5.79. The number of likely N-dealkylation sites (N-methyl/N-ethyl adjacent to an activating group) is 1. The molecular formula is C16H25N7. The third-order valence-electron chi connectivity index (χ3n) is 4.27. The molecule has 1 atom stereocenters. The van der Waals surface area contributed by atoms with Gasteiger partial charge in [-0.15, -0.1) is 0 Å². The molecule has 0 bridgehead atoms. The van der Waals surface area contributed by atoms with Crippen molar-refractivity contribution in [1.29, 1.82) is 0 Å². The van der Waals surface area contributed by atoms with Gasteiger partial charge < -0.3 is 20.1 Å². The van der Waals surface area contributed by atoms with Crippen LogP contribution in [0, 0.1) is 0 Å². The van der Waals surface area contributed by atoms with Crippen molar-refractivity contribution in [1.82, 2.24) is 24.4 Å². The van der Waals surface area contributed by atoms with E-state index in [0.717, 1.165) is 45.0 Å². The minimum Gasteiger partial charge on any atom is -0.384 e. The molecule has 23 heavy (non-hydrogen) atoms. The fourth-order valence-electron chi connectivity index (χ4n) is 3.06. The number of nitrogens with zero attached hydrogens (tertiary/aromatic N) is 6. The van der Waals surface area contributed by atoms with Crippen molar-refractivity contribution in [2.45, 2.75) is 25.3 Å². The fraction of sp³-hybridized carbons (Fsp3) is 0.562. The van der Waals surface area contributed by atoms with Gasteiger partial charge in [-0.25, -0.2) is 9.97 Å². The average molecular weight is 315 g/mol. The molecule has 2 aromatic rings. The number of aromatic nitrogens is 4. The molecular weight excluding hydrogens is 290 g/mol. The predicted octanol–water partition coefficient (Wildman–Crippen LogP) is 1.20. The van der Waals surface area contributed by atoms with Gasteiger partial charge in [0.15, 0.2) is 0 Å². The quantitative estimate of drug-likeness (QED) is 0.893. The van der Waals surface area contributed by atoms with Crippen molar-refractivity contribution in [2.24, 2.45) is 0 Å². The van der Waals surface area contributed by atoms with E-state index in [1.807, 2.05) is 6.20 Å². The van der Waals surface area contributed by atoms with E-state index in [2.05, 4.69) is 49.6 Å². The van der Waals surface area contributed by atoms with Crippen LogP contribution in [-0.2, 0) is 6.54 Å². The number of hydrogen-bond donors (Lipinski definition) is 1. The van der Waals surface area contributed by atoms with Crippen molar-refractivity contribution in [2.75, 3.05) is 44.4 Å². The van der Waals surface area contributed by atoms with Crippen molar-refractivity contribution in [3.63, 3.8) is 0 Å². The van der Waals surface area contributed by atoms with Crippen LogP contribution in [0.4, 0.5) is 11.8 Å². The molecule has 7 heteroatoms. The van der Waals surface area contributed by atoms with E-state index in [4.69, 9.17) is 5.73 Å². The maximum absolute atomic E-state index is 5.79. The number of imidazole rings is 1. The molecule has 7 nitrogen and oxygen atoms in total. The lowest BCUT2D eigenvalue weighted by molar-refractivity contribution is 0.373. The number of nitrogens with two attached hydrogens (primary N) is 1. The topological polar surface area (TPSA) is 76.1 Å². The maximum atomic E-state index is 5.79. The Morgan fingerprint density at radius 3 is 2.96 bits per heavy atom. The highest BCUT2D eigenvalue weighted by Gasteiger charge is 2.26. The fourth-order valence-corrected chi connectivity index (χ4v) is 3.06. The van der Waals surface area contributed by atoms with Crippen LogP contribution in [-0.4, -0.2) is 58.1 Å². The molecule has 3 rings (SSSR count). The Balaban J connectivity index is 1.73. The van der Waals surface area contributed by atoms with E-state index >= 15 is 0 Å². The second-order valence-electron chi connectivity index (χ2n) is 6.35. The molecule has 0 spiro atoms. The standard InChI is InChI=1S/C16H25N7/c1-21(2)10-11-22-9-7-18-15(22)13-4-3-8-23(12-13)16-19-6-5-14(17)20-16/h5-7,9,13H,3-4,8,10-12H2,1-2H3,(H2,17,19,20). The average Bonchev–Trinajstić information content (AvgIpc) is 3.01. The predicted molar refractivity (Wildman–Crippen MR) is 91.4 cm³/mol. The van der Waals surface area contributed by atoms with Crippen molar-refractivity contribution >= 4 is 11.8 Å². The summed E-state index contributed by atoms with van der Waals surface area (Å²) < 4.78 is 2.27. The Bertz CT molecular complexity index is 637. The largest absolute Gasteiger partial charge is 0.384 e. The van der Waals surface area contributed by atoms with Crippen molar-refractivity contribution < 1.29 is 0 Å². The van der Waals surface area contributed by atoms with E-state index in [9.17, 15) is 0 Å². The Morgan fingerprint density at radius 1 is 1.30 bits per heavy atom. The zero-order valence-corrected chi connectivity index (χ0v) is 13.9. The van der Waals surface area contributed by atoms with Crippen LogP contribution in [0.5, 0.6) is 0 Å². The van der Waals surface area contributed by atoms with Crippen LogP contribution in [0.2, 0.25) is 0 Å². The lowest BCUT2D eigenvalue weighted by Gasteiger charge is -2.32. The molecule has 1 unspecified atom stereocenters. The number of hydrogen-bond acceptors (Lipinski definition) is 6. The molecule has 2 N–H and O–H groups in total. The van der Waals surface area contributed by atoms with E-state index < -0.39 is 0 Å². The zero-order chi connectivity index (χ0) is 16.2. The molecule has 0 amide bonds. The van der Waals surface area contributed by atoms with Gasteiger partial charge in [0.1, 0.15) is 11.6 Å². The van der Waals surface area contributed by atoms with Crippen LogP contribution >= 0.6 is 0 Å². The molecule has 0 radical (unpaired) electrons. The van der Waals surface area contributed by atoms with Crippen molar-refractivity contribution in [3.8, 4) is 0 Å². The highest BCUT2D eigenvalue weighted by molar-refractivity contribution is 5.38. The van der Waals surface area contributed by atoms with Gasteiger partial charge in [-0.05, 0) is 33.0 Å². The van der Waals surface area contributed by atoms with Gasteiger partial charge in [-0.1, -0.05) is 0 Å². The Morgan fingerprint density at radius 2 is 2.17 bits per heavy atom. The summed E-state index contributed by atoms with van der Waals surface area (Å²) in [6.45, 7) is 3.84. The zero-order valence-electron chi connectivity index (χ0n) is 13.9. The molecule has 2 aromatic heterocycles. The summed E-state index contributed by atoms with van der Waals surface area (Å²) in [4.78, 5) is 17.7. The van der Waals surface area contributed by atoms with Crippen LogP contribution in [0.25, 0.3) is 0 Å². The van der Waals surface area contributed by atoms with Crippen molar-refractivity contribution in [3.05, 3.63) is 30.5 Å². The summed E-state index contributed by atoms with van der Waals surface area (Å²) in [7, 11) is 4.19. The molecule has 0 aromatic carbocycles.